The van der Waals surface area contributed by atoms with E-state index in [-0.39, 0.29) is 10.8 Å². The molecule has 1 saturated carbocycles. The Bertz CT molecular complexity index is 1840. The second kappa shape index (κ2) is 12.4. The molecule has 2 saturated heterocycles. The molecule has 1 N–H and O–H groups in total. The van der Waals surface area contributed by atoms with E-state index in [4.69, 9.17) is 9.72 Å². The molecule has 0 radical (unpaired) electrons. The third-order valence-electron chi connectivity index (χ3n) is 10.1. The van der Waals surface area contributed by atoms with Crippen LogP contribution in [0.5, 0.6) is 5.75 Å². The summed E-state index contributed by atoms with van der Waals surface area (Å²) in [4.78, 5) is 25.1. The number of methoxy groups -OCH3 is 1. The number of rotatable bonds is 9. The van der Waals surface area contributed by atoms with Crippen molar-refractivity contribution in [2.75, 3.05) is 39.5 Å². The van der Waals surface area contributed by atoms with E-state index >= 15 is 0 Å². The number of nitrogens with one attached hydrogen (secondary N) is 1. The molecule has 0 atom stereocenters. The monoisotopic (exact) mass is 638 g/mol. The first-order chi connectivity index (χ1) is 22.2. The lowest BCUT2D eigenvalue weighted by molar-refractivity contribution is 0.0927. The Hall–Kier alpha value is -3.79. The highest BCUT2D eigenvalue weighted by atomic mass is 32.2. The topological polar surface area (TPSA) is 91.8 Å². The summed E-state index contributed by atoms with van der Waals surface area (Å²) in [6, 6.07) is 23.4. The minimum absolute atomic E-state index is 0.176. The lowest BCUT2D eigenvalue weighted by atomic mass is 9.93. The highest BCUT2D eigenvalue weighted by molar-refractivity contribution is 7.90. The number of hydrogen-bond donors (Lipinski definition) is 1. The van der Waals surface area contributed by atoms with Gasteiger partial charge in [0.15, 0.2) is 9.84 Å². The number of nitrogens with zero attached hydrogens (tertiary/aromatic N) is 3. The van der Waals surface area contributed by atoms with Gasteiger partial charge < -0.3 is 15.0 Å². The first-order valence-corrected chi connectivity index (χ1v) is 18.3. The number of carbonyl (C=O) groups is 1. The number of fused-ring (bicyclic) bond motifs is 1. The van der Waals surface area contributed by atoms with E-state index in [1.54, 1.807) is 25.3 Å². The normalized spacial score (nSPS) is 18.9. The number of aromatic nitrogens is 1. The predicted molar refractivity (Wildman–Crippen MR) is 181 cm³/mol. The van der Waals surface area contributed by atoms with Crippen molar-refractivity contribution in [1.82, 2.24) is 20.1 Å². The van der Waals surface area contributed by atoms with Crippen LogP contribution in [0.1, 0.15) is 60.0 Å². The molecule has 4 aromatic rings. The summed E-state index contributed by atoms with van der Waals surface area (Å²) in [7, 11) is -1.87. The van der Waals surface area contributed by atoms with Crippen molar-refractivity contribution in [3.05, 3.63) is 89.5 Å². The third kappa shape index (κ3) is 6.16. The molecule has 3 aliphatic rings. The van der Waals surface area contributed by atoms with Crippen LogP contribution in [-0.2, 0) is 21.9 Å². The van der Waals surface area contributed by atoms with E-state index < -0.39 is 15.4 Å². The van der Waals surface area contributed by atoms with Crippen molar-refractivity contribution in [2.24, 2.45) is 0 Å². The van der Waals surface area contributed by atoms with Gasteiger partial charge >= 0.3 is 0 Å². The fourth-order valence-electron chi connectivity index (χ4n) is 7.33. The average molecular weight is 639 g/mol. The molecule has 46 heavy (non-hydrogen) atoms. The van der Waals surface area contributed by atoms with Crippen molar-refractivity contribution in [1.29, 1.82) is 0 Å². The summed E-state index contributed by atoms with van der Waals surface area (Å²) >= 11 is 0. The molecule has 3 fully saturated rings. The summed E-state index contributed by atoms with van der Waals surface area (Å²) in [6.07, 6.45) is 7.66. The zero-order valence-corrected chi connectivity index (χ0v) is 27.5. The number of sulfone groups is 1. The molecule has 7 rings (SSSR count). The van der Waals surface area contributed by atoms with Crippen molar-refractivity contribution in [2.45, 2.75) is 61.5 Å². The molecule has 0 spiro atoms. The summed E-state index contributed by atoms with van der Waals surface area (Å²) in [5.74, 6) is 0.542. The minimum atomic E-state index is -3.52. The van der Waals surface area contributed by atoms with Crippen LogP contribution in [0.25, 0.3) is 22.2 Å². The van der Waals surface area contributed by atoms with Crippen LogP contribution in [0, 0.1) is 0 Å². The molecule has 2 aliphatic heterocycles. The van der Waals surface area contributed by atoms with Crippen LogP contribution in [0.4, 0.5) is 0 Å². The zero-order chi connectivity index (χ0) is 31.9. The first kappa shape index (κ1) is 30.8. The molecular weight excluding hydrogens is 596 g/mol. The number of carbonyl (C=O) groups excluding carboxylic acids is 1. The Morgan fingerprint density at radius 2 is 1.65 bits per heavy atom. The molecule has 1 amide bonds. The van der Waals surface area contributed by atoms with Crippen LogP contribution in [-0.4, -0.2) is 74.7 Å². The second-order valence-electron chi connectivity index (χ2n) is 13.1. The van der Waals surface area contributed by atoms with E-state index in [0.29, 0.717) is 29.1 Å². The number of benzene rings is 3. The Balaban J connectivity index is 1.35. The molecular formula is C37H42N4O4S. The van der Waals surface area contributed by atoms with Gasteiger partial charge in [-0.2, -0.15) is 0 Å². The van der Waals surface area contributed by atoms with E-state index in [1.807, 2.05) is 42.5 Å². The number of likely N-dealkylation sites (tertiary alicyclic amines) is 2. The molecule has 0 unspecified atom stereocenters. The maximum absolute atomic E-state index is 14.7. The van der Waals surface area contributed by atoms with Gasteiger partial charge in [-0.1, -0.05) is 30.3 Å². The first-order valence-electron chi connectivity index (χ1n) is 16.4. The molecule has 240 valence electrons. The van der Waals surface area contributed by atoms with E-state index in [2.05, 4.69) is 27.2 Å². The molecule has 1 aliphatic carbocycles. The lowest BCUT2D eigenvalue weighted by Crippen LogP contribution is -2.43. The minimum Gasteiger partial charge on any atom is -0.497 e. The quantitative estimate of drug-likeness (QED) is 0.248. The van der Waals surface area contributed by atoms with E-state index in [0.717, 1.165) is 66.9 Å². The number of hydrogen-bond acceptors (Lipinski definition) is 7. The number of pyridine rings is 1. The van der Waals surface area contributed by atoms with Gasteiger partial charge in [-0.3, -0.25) is 9.69 Å². The van der Waals surface area contributed by atoms with Crippen LogP contribution >= 0.6 is 0 Å². The molecule has 3 heterocycles. The fourth-order valence-corrected chi connectivity index (χ4v) is 7.98. The molecule has 3 aromatic carbocycles. The van der Waals surface area contributed by atoms with E-state index in [9.17, 15) is 13.2 Å². The van der Waals surface area contributed by atoms with Crippen LogP contribution in [0.2, 0.25) is 0 Å². The number of piperidine rings is 1. The summed E-state index contributed by atoms with van der Waals surface area (Å²) in [5.41, 5.74) is 4.18. The van der Waals surface area contributed by atoms with E-state index in [1.165, 1.54) is 32.2 Å². The number of amides is 1. The summed E-state index contributed by atoms with van der Waals surface area (Å²) in [6.45, 7) is 4.79. The van der Waals surface area contributed by atoms with Crippen molar-refractivity contribution >= 4 is 26.6 Å². The van der Waals surface area contributed by atoms with Gasteiger partial charge in [0.05, 0.1) is 34.3 Å². The zero-order valence-electron chi connectivity index (χ0n) is 26.7. The van der Waals surface area contributed by atoms with Crippen LogP contribution < -0.4 is 10.1 Å². The van der Waals surface area contributed by atoms with Gasteiger partial charge in [0.25, 0.3) is 5.91 Å². The maximum Gasteiger partial charge on any atom is 0.253 e. The highest BCUT2D eigenvalue weighted by Gasteiger charge is 2.46. The van der Waals surface area contributed by atoms with Crippen LogP contribution in [0.15, 0.2) is 77.7 Å². The Kier molecular flexibility index (Phi) is 8.34. The van der Waals surface area contributed by atoms with Crippen molar-refractivity contribution < 1.29 is 17.9 Å². The second-order valence-corrected chi connectivity index (χ2v) is 15.2. The van der Waals surface area contributed by atoms with Crippen LogP contribution in [0.3, 0.4) is 0 Å². The third-order valence-corrected chi connectivity index (χ3v) is 11.2. The SMILES string of the molecule is COc1ccc(-c2nc3ccc(S(C)(=O)=O)cc3c(C(=O)NC3(c4ccccc4)CC3)c2CN2CCC(N3CCCC3)CC2)cc1. The average Bonchev–Trinajstić information content (AvgIpc) is 3.64. The largest absolute Gasteiger partial charge is 0.497 e. The van der Waals surface area contributed by atoms with Gasteiger partial charge in [0, 0.05) is 35.4 Å². The Morgan fingerprint density at radius 3 is 2.28 bits per heavy atom. The van der Waals surface area contributed by atoms with Gasteiger partial charge in [0.2, 0.25) is 0 Å². The maximum atomic E-state index is 14.7. The van der Waals surface area contributed by atoms with Crippen molar-refractivity contribution in [3.8, 4) is 17.0 Å². The van der Waals surface area contributed by atoms with Gasteiger partial charge in [-0.05, 0) is 113 Å². The van der Waals surface area contributed by atoms with Gasteiger partial charge in [-0.15, -0.1) is 0 Å². The molecule has 8 nitrogen and oxygen atoms in total. The highest BCUT2D eigenvalue weighted by Crippen LogP contribution is 2.46. The summed E-state index contributed by atoms with van der Waals surface area (Å²) < 4.78 is 30.9. The van der Waals surface area contributed by atoms with Gasteiger partial charge in [0.1, 0.15) is 5.75 Å². The van der Waals surface area contributed by atoms with Crippen molar-refractivity contribution in [3.63, 3.8) is 0 Å². The predicted octanol–water partition coefficient (Wildman–Crippen LogP) is 5.79. The summed E-state index contributed by atoms with van der Waals surface area (Å²) in [5, 5.41) is 3.97. The number of ether oxygens (including phenoxy) is 1. The van der Waals surface area contributed by atoms with Gasteiger partial charge in [-0.25, -0.2) is 13.4 Å². The Labute approximate surface area is 271 Å². The smallest absolute Gasteiger partial charge is 0.253 e. The molecule has 9 heteroatoms. The Morgan fingerprint density at radius 1 is 0.957 bits per heavy atom. The standard InChI is InChI=1S/C37H42N4O4S/c1-45-29-12-10-26(11-13-29)35-32(25-40-22-16-28(17-23-40)41-20-6-7-21-41)34(31-24-30(46(2,43)44)14-15-33(31)38-35)36(42)39-37(18-19-37)27-8-4-3-5-9-27/h3-5,8-15,24,28H,6-7,16-23,25H2,1-2H3,(H,39,42). The lowest BCUT2D eigenvalue weighted by Gasteiger charge is -2.37. The molecule has 0 bridgehead atoms. The molecule has 1 aromatic heterocycles. The fraction of sp³-hybridized carbons (Fsp3) is 0.405.